The molecule has 2 N–H and O–H groups in total. The average molecular weight is 454 g/mol. The van der Waals surface area contributed by atoms with Crippen LogP contribution in [0.5, 0.6) is 23.0 Å². The molecule has 3 aromatic carbocycles. The van der Waals surface area contributed by atoms with Crippen LogP contribution >= 0.6 is 0 Å². The standard InChI is InChI=1S/C27H22N2O5/c1-3-14-32-20-10-4-17(5-11-20)25-22-13-12-21(15-24(22)34-26(29)23(25)16-28)33-27(30)18-6-8-19(31-2)9-7-18/h3-13,15,25H,1,14,29H2,2H3. The Balaban J connectivity index is 1.62. The number of fused-ring (bicyclic) bond motifs is 1. The molecule has 4 rings (SSSR count). The van der Waals surface area contributed by atoms with Crippen molar-refractivity contribution in [3.63, 3.8) is 0 Å². The highest BCUT2D eigenvalue weighted by Crippen LogP contribution is 2.43. The van der Waals surface area contributed by atoms with E-state index in [2.05, 4.69) is 12.6 Å². The third-order valence-corrected chi connectivity index (χ3v) is 5.31. The lowest BCUT2D eigenvalue weighted by Gasteiger charge is -2.26. The van der Waals surface area contributed by atoms with Crippen LogP contribution in [0.2, 0.25) is 0 Å². The zero-order chi connectivity index (χ0) is 24.1. The lowest BCUT2D eigenvalue weighted by molar-refractivity contribution is 0.0734. The van der Waals surface area contributed by atoms with E-state index in [1.807, 2.05) is 24.3 Å². The van der Waals surface area contributed by atoms with Gasteiger partial charge in [0.1, 0.15) is 41.2 Å². The number of allylic oxidation sites excluding steroid dienone is 1. The number of esters is 1. The number of ether oxygens (including phenoxy) is 4. The summed E-state index contributed by atoms with van der Waals surface area (Å²) < 4.78 is 21.9. The Labute approximate surface area is 197 Å². The van der Waals surface area contributed by atoms with Crippen molar-refractivity contribution >= 4 is 5.97 Å². The largest absolute Gasteiger partial charge is 0.497 e. The molecule has 0 saturated carbocycles. The van der Waals surface area contributed by atoms with Crippen LogP contribution in [0.1, 0.15) is 27.4 Å². The maximum Gasteiger partial charge on any atom is 0.343 e. The van der Waals surface area contributed by atoms with Crippen molar-refractivity contribution in [3.8, 4) is 29.1 Å². The maximum atomic E-state index is 12.5. The van der Waals surface area contributed by atoms with Crippen LogP contribution in [0, 0.1) is 11.3 Å². The molecule has 1 aliphatic rings. The van der Waals surface area contributed by atoms with Gasteiger partial charge in [0, 0.05) is 11.6 Å². The fourth-order valence-electron chi connectivity index (χ4n) is 3.65. The molecule has 34 heavy (non-hydrogen) atoms. The summed E-state index contributed by atoms with van der Waals surface area (Å²) in [6.07, 6.45) is 1.67. The van der Waals surface area contributed by atoms with Crippen molar-refractivity contribution in [1.82, 2.24) is 0 Å². The molecule has 1 heterocycles. The smallest absolute Gasteiger partial charge is 0.343 e. The SMILES string of the molecule is C=CCOc1ccc(C2C(C#N)=C(N)Oc3cc(OC(=O)c4ccc(OC)cc4)ccc32)cc1. The summed E-state index contributed by atoms with van der Waals surface area (Å²) >= 11 is 0. The molecule has 0 aromatic heterocycles. The summed E-state index contributed by atoms with van der Waals surface area (Å²) in [5.41, 5.74) is 8.33. The number of nitriles is 1. The highest BCUT2D eigenvalue weighted by atomic mass is 16.5. The van der Waals surface area contributed by atoms with Crippen molar-refractivity contribution in [1.29, 1.82) is 5.26 Å². The summed E-state index contributed by atoms with van der Waals surface area (Å²) in [7, 11) is 1.55. The average Bonchev–Trinajstić information content (AvgIpc) is 2.87. The van der Waals surface area contributed by atoms with Gasteiger partial charge in [0.25, 0.3) is 0 Å². The first-order valence-corrected chi connectivity index (χ1v) is 10.5. The van der Waals surface area contributed by atoms with E-state index in [0.29, 0.717) is 40.7 Å². The summed E-state index contributed by atoms with van der Waals surface area (Å²) in [4.78, 5) is 12.5. The zero-order valence-electron chi connectivity index (χ0n) is 18.5. The van der Waals surface area contributed by atoms with Crippen LogP contribution in [0.4, 0.5) is 0 Å². The first-order valence-electron chi connectivity index (χ1n) is 10.5. The van der Waals surface area contributed by atoms with E-state index in [0.717, 1.165) is 11.1 Å². The van der Waals surface area contributed by atoms with Crippen LogP contribution < -0.4 is 24.7 Å². The van der Waals surface area contributed by atoms with Gasteiger partial charge >= 0.3 is 5.97 Å². The summed E-state index contributed by atoms with van der Waals surface area (Å²) in [6, 6.07) is 21.2. The van der Waals surface area contributed by atoms with Crippen LogP contribution in [0.3, 0.4) is 0 Å². The second-order valence-electron chi connectivity index (χ2n) is 7.41. The maximum absolute atomic E-state index is 12.5. The molecule has 1 aliphatic heterocycles. The second kappa shape index (κ2) is 9.84. The number of carbonyl (C=O) groups is 1. The number of nitrogens with zero attached hydrogens (tertiary/aromatic N) is 1. The highest BCUT2D eigenvalue weighted by Gasteiger charge is 2.31. The van der Waals surface area contributed by atoms with E-state index >= 15 is 0 Å². The van der Waals surface area contributed by atoms with Gasteiger partial charge in [-0.05, 0) is 48.0 Å². The normalized spacial score (nSPS) is 14.3. The van der Waals surface area contributed by atoms with Gasteiger partial charge < -0.3 is 24.7 Å². The van der Waals surface area contributed by atoms with Gasteiger partial charge in [0.2, 0.25) is 5.88 Å². The number of methoxy groups -OCH3 is 1. The van der Waals surface area contributed by atoms with Gasteiger partial charge in [-0.25, -0.2) is 4.79 Å². The number of benzene rings is 3. The van der Waals surface area contributed by atoms with Gasteiger partial charge in [-0.15, -0.1) is 0 Å². The molecule has 1 atom stereocenters. The van der Waals surface area contributed by atoms with Gasteiger partial charge in [-0.1, -0.05) is 30.9 Å². The summed E-state index contributed by atoms with van der Waals surface area (Å²) in [5.74, 6) is 1.08. The van der Waals surface area contributed by atoms with Crippen molar-refractivity contribution < 1.29 is 23.7 Å². The lowest BCUT2D eigenvalue weighted by Crippen LogP contribution is -2.21. The lowest BCUT2D eigenvalue weighted by atomic mass is 9.83. The molecule has 0 bridgehead atoms. The quantitative estimate of drug-likeness (QED) is 0.314. The molecule has 0 radical (unpaired) electrons. The number of hydrogen-bond acceptors (Lipinski definition) is 7. The third-order valence-electron chi connectivity index (χ3n) is 5.31. The monoisotopic (exact) mass is 454 g/mol. The van der Waals surface area contributed by atoms with Crippen LogP contribution in [0.25, 0.3) is 0 Å². The third kappa shape index (κ3) is 4.57. The van der Waals surface area contributed by atoms with E-state index in [-0.39, 0.29) is 5.88 Å². The molecule has 170 valence electrons. The topological polar surface area (TPSA) is 104 Å². The first kappa shape index (κ1) is 22.5. The summed E-state index contributed by atoms with van der Waals surface area (Å²) in [6.45, 7) is 4.04. The zero-order valence-corrected chi connectivity index (χ0v) is 18.5. The van der Waals surface area contributed by atoms with E-state index < -0.39 is 11.9 Å². The first-order chi connectivity index (χ1) is 16.5. The Kier molecular flexibility index (Phi) is 6.51. The molecular weight excluding hydrogens is 432 g/mol. The summed E-state index contributed by atoms with van der Waals surface area (Å²) in [5, 5.41) is 9.74. The minimum Gasteiger partial charge on any atom is -0.497 e. The molecular formula is C27H22N2O5. The van der Waals surface area contributed by atoms with Crippen molar-refractivity contribution in [2.45, 2.75) is 5.92 Å². The van der Waals surface area contributed by atoms with Crippen LogP contribution in [-0.2, 0) is 0 Å². The Hall–Kier alpha value is -4.70. The molecule has 0 aliphatic carbocycles. The number of rotatable bonds is 7. The van der Waals surface area contributed by atoms with Gasteiger partial charge in [0.15, 0.2) is 0 Å². The second-order valence-corrected chi connectivity index (χ2v) is 7.41. The fourth-order valence-corrected chi connectivity index (χ4v) is 3.65. The number of carbonyl (C=O) groups excluding carboxylic acids is 1. The minimum atomic E-state index is -0.522. The molecule has 0 fully saturated rings. The van der Waals surface area contributed by atoms with E-state index in [4.69, 9.17) is 24.7 Å². The molecule has 3 aromatic rings. The Morgan fingerprint density at radius 1 is 1.09 bits per heavy atom. The fraction of sp³-hybridized carbons (Fsp3) is 0.111. The van der Waals surface area contributed by atoms with Crippen molar-refractivity contribution in [2.75, 3.05) is 13.7 Å². The van der Waals surface area contributed by atoms with E-state index in [9.17, 15) is 10.1 Å². The molecule has 0 saturated heterocycles. The van der Waals surface area contributed by atoms with E-state index in [1.54, 1.807) is 55.7 Å². The van der Waals surface area contributed by atoms with Gasteiger partial charge in [-0.2, -0.15) is 5.26 Å². The van der Waals surface area contributed by atoms with Crippen molar-refractivity contribution in [3.05, 3.63) is 108 Å². The highest BCUT2D eigenvalue weighted by molar-refractivity contribution is 5.91. The Morgan fingerprint density at radius 3 is 2.41 bits per heavy atom. The van der Waals surface area contributed by atoms with Gasteiger partial charge in [-0.3, -0.25) is 0 Å². The molecule has 7 nitrogen and oxygen atoms in total. The molecule has 0 amide bonds. The van der Waals surface area contributed by atoms with Crippen molar-refractivity contribution in [2.24, 2.45) is 5.73 Å². The predicted octanol–water partition coefficient (Wildman–Crippen LogP) is 4.70. The van der Waals surface area contributed by atoms with Crippen LogP contribution in [-0.4, -0.2) is 19.7 Å². The minimum absolute atomic E-state index is 0.00520. The number of nitrogens with two attached hydrogens (primary N) is 1. The number of hydrogen-bond donors (Lipinski definition) is 1. The van der Waals surface area contributed by atoms with Gasteiger partial charge in [0.05, 0.1) is 18.6 Å². The van der Waals surface area contributed by atoms with Crippen LogP contribution in [0.15, 0.2) is 90.8 Å². The molecule has 1 unspecified atom stereocenters. The predicted molar refractivity (Wildman–Crippen MR) is 126 cm³/mol. The Bertz CT molecular complexity index is 1290. The Morgan fingerprint density at radius 2 is 1.76 bits per heavy atom. The van der Waals surface area contributed by atoms with E-state index in [1.165, 1.54) is 0 Å². The molecule has 7 heteroatoms. The molecule has 0 spiro atoms.